The zero-order chi connectivity index (χ0) is 34.5. The highest BCUT2D eigenvalue weighted by atomic mass is 19.4. The molecule has 5 heterocycles. The van der Waals surface area contributed by atoms with Crippen molar-refractivity contribution >= 4 is 17.5 Å². The molecule has 1 aliphatic carbocycles. The summed E-state index contributed by atoms with van der Waals surface area (Å²) in [6.45, 7) is 5.17. The summed E-state index contributed by atoms with van der Waals surface area (Å²) in [4.78, 5) is 26.8. The lowest BCUT2D eigenvalue weighted by atomic mass is 9.91. The lowest BCUT2D eigenvalue weighted by molar-refractivity contribution is -0.138. The first-order chi connectivity index (χ1) is 23.5. The van der Waals surface area contributed by atoms with Gasteiger partial charge in [0.2, 0.25) is 0 Å². The van der Waals surface area contributed by atoms with Gasteiger partial charge in [0.1, 0.15) is 18.0 Å². The number of likely N-dealkylation sites (tertiary alicyclic amines) is 1. The maximum atomic E-state index is 14.7. The second-order valence-corrected chi connectivity index (χ2v) is 13.9. The number of carbonyl (C=O) groups is 1. The number of hydrogen-bond acceptors (Lipinski definition) is 8. The standard InChI is InChI=1S/C36H38F3N9O/c1-22(2)30-6-4-5-13-47(30)19-23-14-26-28(29(15-23)36(37,38)39)20-48(34(26)49)32-17-24(16-31(43-32)44-35(8-9-35)10-11-40)27-18-41-12-7-25(27)33-45-42-21-46(33)3/h7,12,14-18,21-22,30H,4-6,8-10,13,19-20H2,1-3H3,(H,43,44)/t30-/m1/s1. The van der Waals surface area contributed by atoms with Crippen molar-refractivity contribution in [1.29, 1.82) is 5.26 Å². The number of hydrogen-bond donors (Lipinski definition) is 1. The van der Waals surface area contributed by atoms with Crippen molar-refractivity contribution < 1.29 is 18.0 Å². The van der Waals surface area contributed by atoms with Gasteiger partial charge in [-0.25, -0.2) is 4.98 Å². The van der Waals surface area contributed by atoms with E-state index in [0.717, 1.165) is 44.2 Å². The molecule has 0 spiro atoms. The first-order valence-corrected chi connectivity index (χ1v) is 16.7. The minimum Gasteiger partial charge on any atom is -0.364 e. The number of fused-ring (bicyclic) bond motifs is 1. The van der Waals surface area contributed by atoms with Gasteiger partial charge >= 0.3 is 6.18 Å². The van der Waals surface area contributed by atoms with E-state index in [1.165, 1.54) is 11.0 Å². The van der Waals surface area contributed by atoms with Gasteiger partial charge in [-0.3, -0.25) is 19.6 Å². The number of piperidine rings is 1. The van der Waals surface area contributed by atoms with E-state index in [9.17, 15) is 23.2 Å². The van der Waals surface area contributed by atoms with Crippen LogP contribution in [0.4, 0.5) is 24.8 Å². The fourth-order valence-corrected chi connectivity index (χ4v) is 7.34. The van der Waals surface area contributed by atoms with Gasteiger partial charge in [0, 0.05) is 48.7 Å². The Morgan fingerprint density at radius 1 is 1.12 bits per heavy atom. The summed E-state index contributed by atoms with van der Waals surface area (Å²) < 4.78 is 45.8. The smallest absolute Gasteiger partial charge is 0.364 e. The summed E-state index contributed by atoms with van der Waals surface area (Å²) in [5.74, 6) is 1.04. The number of benzene rings is 1. The van der Waals surface area contributed by atoms with Crippen LogP contribution in [0.2, 0.25) is 0 Å². The van der Waals surface area contributed by atoms with Crippen molar-refractivity contribution in [2.24, 2.45) is 13.0 Å². The third kappa shape index (κ3) is 6.37. The number of amides is 1. The molecule has 1 saturated carbocycles. The number of aromatic nitrogens is 5. The van der Waals surface area contributed by atoms with Crippen molar-refractivity contribution in [2.45, 2.75) is 83.2 Å². The summed E-state index contributed by atoms with van der Waals surface area (Å²) in [6, 6.07) is 10.7. The third-order valence-electron chi connectivity index (χ3n) is 10.1. The Bertz CT molecular complexity index is 1940. The quantitative estimate of drug-likeness (QED) is 0.203. The molecule has 0 unspecified atom stereocenters. The minimum absolute atomic E-state index is 0.0497. The molecular weight excluding hydrogens is 631 g/mol. The highest BCUT2D eigenvalue weighted by Gasteiger charge is 2.44. The molecule has 13 heteroatoms. The van der Waals surface area contributed by atoms with Crippen LogP contribution < -0.4 is 10.2 Å². The molecule has 1 amide bonds. The molecule has 1 N–H and O–H groups in total. The lowest BCUT2D eigenvalue weighted by Crippen LogP contribution is -2.42. The average molecular weight is 670 g/mol. The number of nitrogens with one attached hydrogen (secondary N) is 1. The Kier molecular flexibility index (Phi) is 8.39. The predicted molar refractivity (Wildman–Crippen MR) is 178 cm³/mol. The molecule has 3 aromatic heterocycles. The molecule has 1 saturated heterocycles. The van der Waals surface area contributed by atoms with Gasteiger partial charge in [0.15, 0.2) is 5.82 Å². The number of aryl methyl sites for hydroxylation is 1. The normalized spacial score (nSPS) is 18.9. The molecule has 10 nitrogen and oxygen atoms in total. The van der Waals surface area contributed by atoms with E-state index in [1.807, 2.05) is 19.2 Å². The fourth-order valence-electron chi connectivity index (χ4n) is 7.34. The summed E-state index contributed by atoms with van der Waals surface area (Å²) >= 11 is 0. The molecule has 2 fully saturated rings. The Balaban J connectivity index is 1.30. The van der Waals surface area contributed by atoms with Gasteiger partial charge in [0.05, 0.1) is 30.1 Å². The van der Waals surface area contributed by atoms with Crippen LogP contribution in [0.25, 0.3) is 22.5 Å². The molecule has 0 radical (unpaired) electrons. The zero-order valence-electron chi connectivity index (χ0n) is 27.8. The van der Waals surface area contributed by atoms with Gasteiger partial charge in [-0.15, -0.1) is 10.2 Å². The van der Waals surface area contributed by atoms with E-state index >= 15 is 0 Å². The maximum absolute atomic E-state index is 14.7. The molecular formula is C36H38F3N9O. The van der Waals surface area contributed by atoms with Crippen LogP contribution in [0.1, 0.15) is 79.4 Å². The Morgan fingerprint density at radius 3 is 2.63 bits per heavy atom. The summed E-state index contributed by atoms with van der Waals surface area (Å²) in [7, 11) is 1.82. The first-order valence-electron chi connectivity index (χ1n) is 16.7. The molecule has 4 aromatic rings. The summed E-state index contributed by atoms with van der Waals surface area (Å²) in [5.41, 5.74) is 1.29. The average Bonchev–Trinajstić information content (AvgIpc) is 3.54. The lowest BCUT2D eigenvalue weighted by Gasteiger charge is -2.38. The van der Waals surface area contributed by atoms with E-state index < -0.39 is 23.2 Å². The Hall–Kier alpha value is -4.83. The van der Waals surface area contributed by atoms with E-state index in [1.54, 1.807) is 35.4 Å². The second-order valence-electron chi connectivity index (χ2n) is 13.9. The summed E-state index contributed by atoms with van der Waals surface area (Å²) in [6.07, 6.45) is 5.19. The van der Waals surface area contributed by atoms with Gasteiger partial charge in [-0.2, -0.15) is 18.4 Å². The van der Waals surface area contributed by atoms with Crippen LogP contribution in [-0.4, -0.2) is 53.7 Å². The number of nitriles is 1. The number of halogens is 3. The van der Waals surface area contributed by atoms with Crippen molar-refractivity contribution in [3.63, 3.8) is 0 Å². The number of carbonyl (C=O) groups excluding carboxylic acids is 1. The molecule has 2 aliphatic heterocycles. The van der Waals surface area contributed by atoms with Crippen molar-refractivity contribution in [3.8, 4) is 28.6 Å². The van der Waals surface area contributed by atoms with Crippen LogP contribution in [0, 0.1) is 17.2 Å². The van der Waals surface area contributed by atoms with Gasteiger partial charge < -0.3 is 9.88 Å². The van der Waals surface area contributed by atoms with Crippen LogP contribution in [0.15, 0.2) is 49.1 Å². The number of pyridine rings is 2. The van der Waals surface area contributed by atoms with Crippen LogP contribution in [-0.2, 0) is 26.3 Å². The minimum atomic E-state index is -4.64. The predicted octanol–water partition coefficient (Wildman–Crippen LogP) is 6.99. The number of rotatable bonds is 9. The third-order valence-corrected chi connectivity index (χ3v) is 10.1. The molecule has 7 rings (SSSR count). The fraction of sp³-hybridized carbons (Fsp3) is 0.444. The Morgan fingerprint density at radius 2 is 1.94 bits per heavy atom. The van der Waals surface area contributed by atoms with Crippen molar-refractivity contribution in [1.82, 2.24) is 29.6 Å². The first kappa shape index (κ1) is 32.7. The van der Waals surface area contributed by atoms with E-state index in [-0.39, 0.29) is 36.0 Å². The molecule has 1 aromatic carbocycles. The molecule has 1 atom stereocenters. The topological polar surface area (TPSA) is 116 Å². The zero-order valence-corrected chi connectivity index (χ0v) is 27.8. The number of nitrogens with zero attached hydrogens (tertiary/aromatic N) is 8. The van der Waals surface area contributed by atoms with Crippen LogP contribution >= 0.6 is 0 Å². The van der Waals surface area contributed by atoms with Crippen LogP contribution in [0.5, 0.6) is 0 Å². The second kappa shape index (κ2) is 12.6. The monoisotopic (exact) mass is 669 g/mol. The van der Waals surface area contributed by atoms with Gasteiger partial charge in [0.25, 0.3) is 5.91 Å². The van der Waals surface area contributed by atoms with Crippen molar-refractivity contribution in [2.75, 3.05) is 16.8 Å². The highest BCUT2D eigenvalue weighted by Crippen LogP contribution is 2.44. The van der Waals surface area contributed by atoms with Crippen molar-refractivity contribution in [3.05, 3.63) is 71.3 Å². The molecule has 0 bridgehead atoms. The Labute approximate surface area is 283 Å². The van der Waals surface area contributed by atoms with Crippen LogP contribution in [0.3, 0.4) is 0 Å². The van der Waals surface area contributed by atoms with E-state index in [0.29, 0.717) is 40.8 Å². The molecule has 254 valence electrons. The highest BCUT2D eigenvalue weighted by molar-refractivity contribution is 6.10. The van der Waals surface area contributed by atoms with E-state index in [2.05, 4.69) is 45.3 Å². The van der Waals surface area contributed by atoms with E-state index in [4.69, 9.17) is 4.98 Å². The molecule has 49 heavy (non-hydrogen) atoms. The van der Waals surface area contributed by atoms with Gasteiger partial charge in [-0.05, 0) is 85.2 Å². The summed E-state index contributed by atoms with van der Waals surface area (Å²) in [5, 5.41) is 21.1. The largest absolute Gasteiger partial charge is 0.416 e. The molecule has 3 aliphatic rings. The number of anilines is 2. The van der Waals surface area contributed by atoms with Gasteiger partial charge in [-0.1, -0.05) is 20.3 Å². The SMILES string of the molecule is CC(C)[C@H]1CCCCN1Cc1cc2c(c(C(F)(F)F)c1)CN(c1cc(-c3cnccc3-c3nncn3C)cc(NC3(CC#N)CC3)n1)C2=O. The maximum Gasteiger partial charge on any atom is 0.416 e. The number of alkyl halides is 3.